The van der Waals surface area contributed by atoms with Gasteiger partial charge in [-0.2, -0.15) is 0 Å². The first-order chi connectivity index (χ1) is 10.0. The maximum absolute atomic E-state index is 11.4. The SMILES string of the molecule is NS(=O)(=O)c1cccc(-c2cn(-c3cccnc3)cn2)c1. The van der Waals surface area contributed by atoms with Crippen molar-refractivity contribution in [2.45, 2.75) is 4.90 Å². The van der Waals surface area contributed by atoms with Crippen LogP contribution < -0.4 is 5.14 Å². The van der Waals surface area contributed by atoms with Gasteiger partial charge in [-0.25, -0.2) is 18.5 Å². The molecule has 3 rings (SSSR count). The molecule has 3 aromatic rings. The summed E-state index contributed by atoms with van der Waals surface area (Å²) in [6, 6.07) is 10.1. The van der Waals surface area contributed by atoms with Crippen LogP contribution in [0.1, 0.15) is 0 Å². The summed E-state index contributed by atoms with van der Waals surface area (Å²) in [5.41, 5.74) is 2.22. The quantitative estimate of drug-likeness (QED) is 0.795. The zero-order valence-corrected chi connectivity index (χ0v) is 11.7. The standard InChI is InChI=1S/C14H12N4O2S/c15-21(19,20)13-5-1-3-11(7-13)14-9-18(10-17-14)12-4-2-6-16-8-12/h1-10H,(H2,15,19,20). The van der Waals surface area contributed by atoms with E-state index in [2.05, 4.69) is 9.97 Å². The van der Waals surface area contributed by atoms with Crippen LogP contribution in [-0.4, -0.2) is 23.0 Å². The molecule has 0 saturated heterocycles. The maximum atomic E-state index is 11.4. The van der Waals surface area contributed by atoms with Crippen molar-refractivity contribution < 1.29 is 8.42 Å². The molecule has 0 aliphatic carbocycles. The van der Waals surface area contributed by atoms with Gasteiger partial charge in [-0.15, -0.1) is 0 Å². The van der Waals surface area contributed by atoms with E-state index in [1.807, 2.05) is 16.7 Å². The summed E-state index contributed by atoms with van der Waals surface area (Å²) < 4.78 is 24.6. The second-order valence-electron chi connectivity index (χ2n) is 4.45. The summed E-state index contributed by atoms with van der Waals surface area (Å²) in [6.07, 6.45) is 6.86. The Bertz CT molecular complexity index is 873. The number of primary sulfonamides is 1. The van der Waals surface area contributed by atoms with Gasteiger partial charge in [0.2, 0.25) is 10.0 Å². The third kappa shape index (κ3) is 2.83. The topological polar surface area (TPSA) is 90.9 Å². The molecule has 0 amide bonds. The molecule has 106 valence electrons. The van der Waals surface area contributed by atoms with Crippen molar-refractivity contribution in [2.75, 3.05) is 0 Å². The predicted molar refractivity (Wildman–Crippen MR) is 78.2 cm³/mol. The Morgan fingerprint density at radius 2 is 2.00 bits per heavy atom. The molecule has 2 aromatic heterocycles. The van der Waals surface area contributed by atoms with E-state index in [0.29, 0.717) is 11.3 Å². The second-order valence-corrected chi connectivity index (χ2v) is 6.01. The lowest BCUT2D eigenvalue weighted by atomic mass is 10.2. The summed E-state index contributed by atoms with van der Waals surface area (Å²) in [6.45, 7) is 0. The first-order valence-electron chi connectivity index (χ1n) is 6.12. The minimum Gasteiger partial charge on any atom is -0.304 e. The van der Waals surface area contributed by atoms with E-state index >= 15 is 0 Å². The first-order valence-corrected chi connectivity index (χ1v) is 7.66. The molecule has 0 unspecified atom stereocenters. The number of benzene rings is 1. The highest BCUT2D eigenvalue weighted by Gasteiger charge is 2.10. The van der Waals surface area contributed by atoms with Gasteiger partial charge in [0, 0.05) is 18.0 Å². The number of rotatable bonds is 3. The van der Waals surface area contributed by atoms with Crippen molar-refractivity contribution in [3.8, 4) is 16.9 Å². The molecule has 0 radical (unpaired) electrons. The Morgan fingerprint density at radius 1 is 1.14 bits per heavy atom. The molecular weight excluding hydrogens is 288 g/mol. The summed E-state index contributed by atoms with van der Waals surface area (Å²) in [5, 5.41) is 5.14. The number of pyridine rings is 1. The van der Waals surface area contributed by atoms with Crippen LogP contribution in [0.3, 0.4) is 0 Å². The Kier molecular flexibility index (Phi) is 3.28. The van der Waals surface area contributed by atoms with Crippen molar-refractivity contribution in [3.63, 3.8) is 0 Å². The predicted octanol–water partition coefficient (Wildman–Crippen LogP) is 1.58. The molecule has 21 heavy (non-hydrogen) atoms. The van der Waals surface area contributed by atoms with Crippen molar-refractivity contribution in [3.05, 3.63) is 61.3 Å². The van der Waals surface area contributed by atoms with E-state index in [1.54, 1.807) is 37.1 Å². The molecule has 0 saturated carbocycles. The van der Waals surface area contributed by atoms with Crippen molar-refractivity contribution in [1.82, 2.24) is 14.5 Å². The molecule has 2 heterocycles. The fourth-order valence-corrected chi connectivity index (χ4v) is 2.51. The second kappa shape index (κ2) is 5.12. The van der Waals surface area contributed by atoms with Gasteiger partial charge < -0.3 is 4.57 Å². The molecule has 1 aromatic carbocycles. The van der Waals surface area contributed by atoms with Crippen LogP contribution in [0, 0.1) is 0 Å². The highest BCUT2D eigenvalue weighted by Crippen LogP contribution is 2.21. The normalized spacial score (nSPS) is 11.5. The molecule has 6 nitrogen and oxygen atoms in total. The summed E-state index contributed by atoms with van der Waals surface area (Å²) in [7, 11) is -3.72. The van der Waals surface area contributed by atoms with E-state index in [-0.39, 0.29) is 4.90 Å². The van der Waals surface area contributed by atoms with Crippen LogP contribution in [0.4, 0.5) is 0 Å². The summed E-state index contributed by atoms with van der Waals surface area (Å²) in [5.74, 6) is 0. The van der Waals surface area contributed by atoms with Gasteiger partial charge in [-0.05, 0) is 24.3 Å². The molecule has 0 fully saturated rings. The van der Waals surface area contributed by atoms with Gasteiger partial charge in [0.15, 0.2) is 0 Å². The lowest BCUT2D eigenvalue weighted by Crippen LogP contribution is -2.11. The third-order valence-electron chi connectivity index (χ3n) is 2.98. The van der Waals surface area contributed by atoms with Crippen LogP contribution in [0.5, 0.6) is 0 Å². The van der Waals surface area contributed by atoms with E-state index in [9.17, 15) is 8.42 Å². The molecule has 0 aliphatic rings. The lowest BCUT2D eigenvalue weighted by Gasteiger charge is -2.01. The molecule has 0 atom stereocenters. The zero-order chi connectivity index (χ0) is 14.9. The summed E-state index contributed by atoms with van der Waals surface area (Å²) >= 11 is 0. The molecule has 2 N–H and O–H groups in total. The van der Waals surface area contributed by atoms with Crippen LogP contribution >= 0.6 is 0 Å². The largest absolute Gasteiger partial charge is 0.304 e. The molecule has 0 spiro atoms. The fraction of sp³-hybridized carbons (Fsp3) is 0. The van der Waals surface area contributed by atoms with Gasteiger partial charge in [-0.1, -0.05) is 12.1 Å². The highest BCUT2D eigenvalue weighted by atomic mass is 32.2. The van der Waals surface area contributed by atoms with Gasteiger partial charge >= 0.3 is 0 Å². The Labute approximate surface area is 122 Å². The maximum Gasteiger partial charge on any atom is 0.238 e. The average molecular weight is 300 g/mol. The molecule has 0 aliphatic heterocycles. The first kappa shape index (κ1) is 13.5. The smallest absolute Gasteiger partial charge is 0.238 e. The Hall–Kier alpha value is -2.51. The van der Waals surface area contributed by atoms with Crippen LogP contribution in [0.15, 0.2) is 66.2 Å². The number of imidazole rings is 1. The van der Waals surface area contributed by atoms with Gasteiger partial charge in [0.25, 0.3) is 0 Å². The Morgan fingerprint density at radius 3 is 2.71 bits per heavy atom. The van der Waals surface area contributed by atoms with E-state index in [0.717, 1.165) is 5.69 Å². The van der Waals surface area contributed by atoms with Crippen molar-refractivity contribution in [1.29, 1.82) is 0 Å². The molecule has 7 heteroatoms. The van der Waals surface area contributed by atoms with E-state index in [1.165, 1.54) is 12.1 Å². The van der Waals surface area contributed by atoms with Gasteiger partial charge in [0.05, 0.1) is 28.8 Å². The van der Waals surface area contributed by atoms with Gasteiger partial charge in [0.1, 0.15) is 0 Å². The van der Waals surface area contributed by atoms with E-state index in [4.69, 9.17) is 5.14 Å². The Balaban J connectivity index is 2.01. The molecule has 0 bridgehead atoms. The van der Waals surface area contributed by atoms with Gasteiger partial charge in [-0.3, -0.25) is 4.98 Å². The monoisotopic (exact) mass is 300 g/mol. The minimum absolute atomic E-state index is 0.0657. The lowest BCUT2D eigenvalue weighted by molar-refractivity contribution is 0.598. The van der Waals surface area contributed by atoms with Crippen molar-refractivity contribution in [2.24, 2.45) is 5.14 Å². The zero-order valence-electron chi connectivity index (χ0n) is 10.9. The number of aromatic nitrogens is 3. The number of sulfonamides is 1. The number of hydrogen-bond acceptors (Lipinski definition) is 4. The molecular formula is C14H12N4O2S. The average Bonchev–Trinajstić information content (AvgIpc) is 2.97. The van der Waals surface area contributed by atoms with Crippen molar-refractivity contribution >= 4 is 10.0 Å². The highest BCUT2D eigenvalue weighted by molar-refractivity contribution is 7.89. The number of nitrogens with two attached hydrogens (primary N) is 1. The third-order valence-corrected chi connectivity index (χ3v) is 3.90. The minimum atomic E-state index is -3.72. The fourth-order valence-electron chi connectivity index (χ4n) is 1.95. The number of hydrogen-bond donors (Lipinski definition) is 1. The van der Waals surface area contributed by atoms with E-state index < -0.39 is 10.0 Å². The number of nitrogens with zero attached hydrogens (tertiary/aromatic N) is 3. The van der Waals surface area contributed by atoms with Crippen LogP contribution in [0.25, 0.3) is 16.9 Å². The van der Waals surface area contributed by atoms with Crippen LogP contribution in [-0.2, 0) is 10.0 Å². The van der Waals surface area contributed by atoms with Crippen LogP contribution in [0.2, 0.25) is 0 Å². The summed E-state index contributed by atoms with van der Waals surface area (Å²) in [4.78, 5) is 8.40.